The zero-order chi connectivity index (χ0) is 20.8. The number of aliphatic carboxylic acids is 1. The van der Waals surface area contributed by atoms with Crippen LogP contribution in [0.2, 0.25) is 0 Å². The first kappa shape index (κ1) is 24.3. The number of carboxylic acid groups (broad SMARTS) is 1. The van der Waals surface area contributed by atoms with E-state index in [4.69, 9.17) is 9.84 Å². The van der Waals surface area contributed by atoms with Crippen molar-refractivity contribution in [3.63, 3.8) is 0 Å². The Bertz CT molecular complexity index is 551. The van der Waals surface area contributed by atoms with E-state index in [1.165, 1.54) is 12.2 Å². The first-order valence-corrected chi connectivity index (χ1v) is 9.98. The molecule has 0 radical (unpaired) electrons. The fourth-order valence-corrected chi connectivity index (χ4v) is 2.87. The average Bonchev–Trinajstić information content (AvgIpc) is 3.02. The van der Waals surface area contributed by atoms with Gasteiger partial charge in [0, 0.05) is 12.8 Å². The van der Waals surface area contributed by atoms with Crippen molar-refractivity contribution >= 4 is 5.97 Å². The molecule has 5 atom stereocenters. The van der Waals surface area contributed by atoms with Crippen molar-refractivity contribution in [3.05, 3.63) is 48.6 Å². The third-order valence-electron chi connectivity index (χ3n) is 4.44. The maximum Gasteiger partial charge on any atom is 0.303 e. The number of aliphatic hydroxyl groups is 3. The smallest absolute Gasteiger partial charge is 0.303 e. The van der Waals surface area contributed by atoms with Gasteiger partial charge in [-0.15, -0.1) is 0 Å². The summed E-state index contributed by atoms with van der Waals surface area (Å²) in [5.74, 6) is -0.807. The maximum atomic E-state index is 10.4. The highest BCUT2D eigenvalue weighted by atomic mass is 16.5. The molecule has 1 saturated heterocycles. The maximum absolute atomic E-state index is 10.4. The third-order valence-corrected chi connectivity index (χ3v) is 4.44. The molecule has 0 aromatic heterocycles. The second kappa shape index (κ2) is 14.3. The summed E-state index contributed by atoms with van der Waals surface area (Å²) >= 11 is 0. The fourth-order valence-electron chi connectivity index (χ4n) is 2.87. The van der Waals surface area contributed by atoms with Crippen LogP contribution in [0.25, 0.3) is 0 Å². The van der Waals surface area contributed by atoms with Crippen molar-refractivity contribution in [2.45, 2.75) is 82.4 Å². The molecule has 1 heterocycles. The van der Waals surface area contributed by atoms with Gasteiger partial charge in [0.1, 0.15) is 0 Å². The molecule has 0 bridgehead atoms. The monoisotopic (exact) mass is 394 g/mol. The Morgan fingerprint density at radius 1 is 1.11 bits per heavy atom. The summed E-state index contributed by atoms with van der Waals surface area (Å²) in [4.78, 5) is 10.4. The Kier molecular flexibility index (Phi) is 12.4. The van der Waals surface area contributed by atoms with E-state index in [-0.39, 0.29) is 12.5 Å². The molecule has 6 heteroatoms. The van der Waals surface area contributed by atoms with Gasteiger partial charge in [0.15, 0.2) is 0 Å². The summed E-state index contributed by atoms with van der Waals surface area (Å²) in [6.07, 6.45) is 15.3. The Morgan fingerprint density at radius 2 is 1.86 bits per heavy atom. The summed E-state index contributed by atoms with van der Waals surface area (Å²) in [7, 11) is 0. The Morgan fingerprint density at radius 3 is 2.57 bits per heavy atom. The molecule has 0 amide bonds. The molecule has 1 aliphatic rings. The molecule has 1 fully saturated rings. The minimum Gasteiger partial charge on any atom is -0.481 e. The predicted octanol–water partition coefficient (Wildman–Crippen LogP) is 2.90. The molecule has 0 unspecified atom stereocenters. The van der Waals surface area contributed by atoms with E-state index in [1.54, 1.807) is 0 Å². The Hall–Kier alpha value is -1.73. The molecule has 4 N–H and O–H groups in total. The number of aliphatic hydroxyl groups excluding tert-OH is 3. The van der Waals surface area contributed by atoms with Crippen molar-refractivity contribution < 1.29 is 30.0 Å². The average molecular weight is 395 g/mol. The number of hydrogen-bond acceptors (Lipinski definition) is 5. The zero-order valence-corrected chi connectivity index (χ0v) is 16.6. The van der Waals surface area contributed by atoms with Gasteiger partial charge >= 0.3 is 5.97 Å². The quantitative estimate of drug-likeness (QED) is 0.358. The van der Waals surface area contributed by atoms with E-state index in [1.807, 2.05) is 43.4 Å². The summed E-state index contributed by atoms with van der Waals surface area (Å²) < 4.78 is 5.73. The summed E-state index contributed by atoms with van der Waals surface area (Å²) in [6, 6.07) is 0. The van der Waals surface area contributed by atoms with Gasteiger partial charge < -0.3 is 25.2 Å². The minimum absolute atomic E-state index is 0.129. The first-order valence-electron chi connectivity index (χ1n) is 9.98. The van der Waals surface area contributed by atoms with Crippen LogP contribution in [0.1, 0.15) is 51.9 Å². The van der Waals surface area contributed by atoms with Gasteiger partial charge in [0.25, 0.3) is 0 Å². The zero-order valence-electron chi connectivity index (χ0n) is 16.6. The van der Waals surface area contributed by atoms with Crippen LogP contribution < -0.4 is 0 Å². The molecule has 1 rings (SSSR count). The number of ether oxygens (including phenoxy) is 1. The van der Waals surface area contributed by atoms with E-state index < -0.39 is 30.4 Å². The minimum atomic E-state index is -0.870. The van der Waals surface area contributed by atoms with E-state index >= 15 is 0 Å². The number of rotatable bonds is 13. The number of hydrogen-bond donors (Lipinski definition) is 4. The van der Waals surface area contributed by atoms with Crippen LogP contribution in [0, 0.1) is 0 Å². The molecule has 158 valence electrons. The lowest BCUT2D eigenvalue weighted by molar-refractivity contribution is -0.136. The highest BCUT2D eigenvalue weighted by Crippen LogP contribution is 2.26. The van der Waals surface area contributed by atoms with Crippen LogP contribution in [-0.4, -0.2) is 56.9 Å². The normalized spacial score (nSPS) is 25.5. The fraction of sp³-hybridized carbons (Fsp3) is 0.591. The van der Waals surface area contributed by atoms with Crippen LogP contribution in [-0.2, 0) is 9.53 Å². The van der Waals surface area contributed by atoms with Crippen LogP contribution in [0.5, 0.6) is 0 Å². The van der Waals surface area contributed by atoms with Crippen molar-refractivity contribution in [2.24, 2.45) is 0 Å². The SMILES string of the molecule is CC/C=C\C[C@H]1O[C@H]([C@H](O)/C=C/[C@@H](O)C/C=C\C/C=C\CCC(=O)O)C[C@@H]1O. The lowest BCUT2D eigenvalue weighted by Crippen LogP contribution is -2.24. The van der Waals surface area contributed by atoms with Gasteiger partial charge in [-0.05, 0) is 32.1 Å². The highest BCUT2D eigenvalue weighted by Gasteiger charge is 2.36. The van der Waals surface area contributed by atoms with Crippen molar-refractivity contribution in [1.29, 1.82) is 0 Å². The topological polar surface area (TPSA) is 107 Å². The van der Waals surface area contributed by atoms with Crippen LogP contribution >= 0.6 is 0 Å². The van der Waals surface area contributed by atoms with E-state index in [9.17, 15) is 20.1 Å². The predicted molar refractivity (Wildman–Crippen MR) is 109 cm³/mol. The van der Waals surface area contributed by atoms with Crippen molar-refractivity contribution in [1.82, 2.24) is 0 Å². The van der Waals surface area contributed by atoms with Gasteiger partial charge in [-0.25, -0.2) is 0 Å². The molecular weight excluding hydrogens is 360 g/mol. The van der Waals surface area contributed by atoms with Crippen LogP contribution in [0.4, 0.5) is 0 Å². The molecule has 0 aromatic carbocycles. The molecule has 0 spiro atoms. The second-order valence-electron chi connectivity index (χ2n) is 6.92. The molecule has 6 nitrogen and oxygen atoms in total. The standard InChI is InChI=1S/C22H34O6/c1-2-3-8-12-20-19(25)16-21(28-20)18(24)15-14-17(23)11-9-6-4-5-7-10-13-22(26)27/h3,5-9,14-15,17-21,23-25H,2,4,10-13,16H2,1H3,(H,26,27)/b7-5-,8-3-,9-6-,15-14+/t17-,18+,19-,20+,21-/m0/s1. The summed E-state index contributed by atoms with van der Waals surface area (Å²) in [5.41, 5.74) is 0. The Labute approximate surface area is 167 Å². The largest absolute Gasteiger partial charge is 0.481 e. The van der Waals surface area contributed by atoms with Crippen LogP contribution in [0.3, 0.4) is 0 Å². The first-order chi connectivity index (χ1) is 13.4. The van der Waals surface area contributed by atoms with Crippen molar-refractivity contribution in [3.8, 4) is 0 Å². The third kappa shape index (κ3) is 10.6. The van der Waals surface area contributed by atoms with Gasteiger partial charge in [-0.2, -0.15) is 0 Å². The highest BCUT2D eigenvalue weighted by molar-refractivity contribution is 5.66. The van der Waals surface area contributed by atoms with E-state index in [0.29, 0.717) is 32.1 Å². The molecule has 1 aliphatic heterocycles. The lowest BCUT2D eigenvalue weighted by Gasteiger charge is -2.16. The Balaban J connectivity index is 2.28. The molecule has 0 aromatic rings. The summed E-state index contributed by atoms with van der Waals surface area (Å²) in [5, 5.41) is 38.7. The van der Waals surface area contributed by atoms with Gasteiger partial charge in [0.05, 0.1) is 30.5 Å². The van der Waals surface area contributed by atoms with Gasteiger partial charge in [0.2, 0.25) is 0 Å². The molecule has 0 aliphatic carbocycles. The molecule has 28 heavy (non-hydrogen) atoms. The summed E-state index contributed by atoms with van der Waals surface area (Å²) in [6.45, 7) is 2.04. The van der Waals surface area contributed by atoms with Crippen LogP contribution in [0.15, 0.2) is 48.6 Å². The molecular formula is C22H34O6. The number of allylic oxidation sites excluding steroid dienone is 4. The number of carbonyl (C=O) groups is 1. The lowest BCUT2D eigenvalue weighted by atomic mass is 10.0. The van der Waals surface area contributed by atoms with E-state index in [0.717, 1.165) is 6.42 Å². The van der Waals surface area contributed by atoms with Gasteiger partial charge in [-0.1, -0.05) is 55.5 Å². The number of carboxylic acids is 1. The second-order valence-corrected chi connectivity index (χ2v) is 6.92. The van der Waals surface area contributed by atoms with Crippen molar-refractivity contribution in [2.75, 3.05) is 0 Å². The van der Waals surface area contributed by atoms with Gasteiger partial charge in [-0.3, -0.25) is 4.79 Å². The van der Waals surface area contributed by atoms with E-state index in [2.05, 4.69) is 0 Å². The molecule has 0 saturated carbocycles.